The molecule has 1 fully saturated rings. The topological polar surface area (TPSA) is 139 Å². The highest BCUT2D eigenvalue weighted by molar-refractivity contribution is 7.89. The molecule has 13 heteroatoms. The summed E-state index contributed by atoms with van der Waals surface area (Å²) in [4.78, 5) is 32.1. The molecule has 0 aliphatic carbocycles. The van der Waals surface area contributed by atoms with Gasteiger partial charge in [-0.05, 0) is 31.2 Å². The molecule has 0 radical (unpaired) electrons. The molecule has 1 saturated heterocycles. The number of hydrogen-bond acceptors (Lipinski definition) is 9. The number of piperazine rings is 1. The number of hydrogen-bond donors (Lipinski definition) is 1. The van der Waals surface area contributed by atoms with E-state index in [1.165, 1.54) is 10.5 Å². The maximum atomic E-state index is 13.7. The van der Waals surface area contributed by atoms with Crippen molar-refractivity contribution in [2.75, 3.05) is 46.4 Å². The van der Waals surface area contributed by atoms with Crippen LogP contribution in [0.25, 0.3) is 22.4 Å². The van der Waals surface area contributed by atoms with Crippen molar-refractivity contribution in [1.29, 1.82) is 0 Å². The lowest BCUT2D eigenvalue weighted by Gasteiger charge is -2.33. The third-order valence-electron chi connectivity index (χ3n) is 7.23. The number of rotatable bonds is 10. The normalized spacial score (nSPS) is 15.2. The maximum absolute atomic E-state index is 13.7. The fraction of sp³-hybridized carbons (Fsp3) is 0.444. The number of pyridine rings is 2. The van der Waals surface area contributed by atoms with Gasteiger partial charge in [-0.15, -0.1) is 0 Å². The van der Waals surface area contributed by atoms with Crippen molar-refractivity contribution in [3.63, 3.8) is 0 Å². The molecule has 0 unspecified atom stereocenters. The zero-order valence-electron chi connectivity index (χ0n) is 23.0. The van der Waals surface area contributed by atoms with Gasteiger partial charge in [0.25, 0.3) is 5.56 Å². The number of aromatic nitrogens is 6. The van der Waals surface area contributed by atoms with Crippen molar-refractivity contribution in [3.05, 3.63) is 64.1 Å². The molecule has 0 saturated carbocycles. The van der Waals surface area contributed by atoms with Gasteiger partial charge < -0.3 is 14.6 Å². The second-order valence-corrected chi connectivity index (χ2v) is 11.6. The molecule has 212 valence electrons. The van der Waals surface area contributed by atoms with Crippen LogP contribution in [-0.2, 0) is 34.1 Å². The van der Waals surface area contributed by atoms with Gasteiger partial charge in [0, 0.05) is 63.4 Å². The second-order valence-electron chi connectivity index (χ2n) is 9.63. The molecule has 0 spiro atoms. The van der Waals surface area contributed by atoms with E-state index in [4.69, 9.17) is 9.72 Å². The van der Waals surface area contributed by atoms with Gasteiger partial charge in [-0.3, -0.25) is 19.4 Å². The molecular formula is C27H34N8O4S. The molecule has 5 rings (SSSR count). The first-order valence-corrected chi connectivity index (χ1v) is 14.9. The highest BCUT2D eigenvalue weighted by atomic mass is 32.2. The Labute approximate surface area is 233 Å². The number of likely N-dealkylation sites (N-methyl/N-ethyl adjacent to an activating group) is 1. The first-order valence-electron chi connectivity index (χ1n) is 13.5. The zero-order chi connectivity index (χ0) is 28.3. The van der Waals surface area contributed by atoms with Crippen molar-refractivity contribution in [2.24, 2.45) is 0 Å². The maximum Gasteiger partial charge on any atom is 0.279 e. The minimum atomic E-state index is -3.81. The number of nitrogens with one attached hydrogen (secondary N) is 1. The van der Waals surface area contributed by atoms with E-state index in [1.807, 2.05) is 25.1 Å². The van der Waals surface area contributed by atoms with E-state index in [0.717, 1.165) is 17.9 Å². The van der Waals surface area contributed by atoms with Gasteiger partial charge in [0.05, 0.1) is 24.5 Å². The van der Waals surface area contributed by atoms with Crippen molar-refractivity contribution in [2.45, 2.75) is 38.1 Å². The molecule has 40 heavy (non-hydrogen) atoms. The van der Waals surface area contributed by atoms with Gasteiger partial charge in [-0.25, -0.2) is 13.4 Å². The average Bonchev–Trinajstić information content (AvgIpc) is 3.34. The van der Waals surface area contributed by atoms with Gasteiger partial charge in [-0.1, -0.05) is 19.9 Å². The first-order chi connectivity index (χ1) is 19.3. The number of H-pyrrole nitrogens is 1. The van der Waals surface area contributed by atoms with E-state index in [9.17, 15) is 13.2 Å². The van der Waals surface area contributed by atoms with Crippen LogP contribution in [0.1, 0.15) is 30.9 Å². The molecule has 0 bridgehead atoms. The van der Waals surface area contributed by atoms with Crippen LogP contribution in [0, 0.1) is 0 Å². The Balaban J connectivity index is 1.63. The number of nitrogens with zero attached hydrogens (tertiary/aromatic N) is 7. The third kappa shape index (κ3) is 5.55. The molecule has 1 aliphatic heterocycles. The largest absolute Gasteiger partial charge is 0.383 e. The summed E-state index contributed by atoms with van der Waals surface area (Å²) >= 11 is 0. The average molecular weight is 567 g/mol. The summed E-state index contributed by atoms with van der Waals surface area (Å²) < 4.78 is 35.7. The zero-order valence-corrected chi connectivity index (χ0v) is 23.8. The van der Waals surface area contributed by atoms with E-state index in [1.54, 1.807) is 24.1 Å². The van der Waals surface area contributed by atoms with Gasteiger partial charge in [0.2, 0.25) is 10.0 Å². The first kappa shape index (κ1) is 28.0. The summed E-state index contributed by atoms with van der Waals surface area (Å²) in [5.74, 6) is 0.241. The molecule has 4 aromatic heterocycles. The lowest BCUT2D eigenvalue weighted by Crippen LogP contribution is -2.48. The minimum absolute atomic E-state index is 0.0615. The SMILES string of the molecule is CCc1c2nc(-c3cc(S(=O)(=O)N4CCN(CC)CC4)cnc3Cc3ccccn3)[nH]c(=O)c2nn1CCOC. The molecule has 0 amide bonds. The van der Waals surface area contributed by atoms with Gasteiger partial charge >= 0.3 is 0 Å². The van der Waals surface area contributed by atoms with E-state index < -0.39 is 15.6 Å². The van der Waals surface area contributed by atoms with Crippen molar-refractivity contribution in [1.82, 2.24) is 38.9 Å². The van der Waals surface area contributed by atoms with Gasteiger partial charge in [0.15, 0.2) is 5.52 Å². The Bertz CT molecular complexity index is 1640. The van der Waals surface area contributed by atoms with Crippen LogP contribution < -0.4 is 5.56 Å². The van der Waals surface area contributed by atoms with Crippen LogP contribution >= 0.6 is 0 Å². The molecular weight excluding hydrogens is 532 g/mol. The molecule has 0 aromatic carbocycles. The fourth-order valence-electron chi connectivity index (χ4n) is 4.97. The summed E-state index contributed by atoms with van der Waals surface area (Å²) in [5.41, 5.74) is 2.85. The molecule has 0 atom stereocenters. The molecule has 1 aliphatic rings. The van der Waals surface area contributed by atoms with E-state index in [0.29, 0.717) is 68.9 Å². The lowest BCUT2D eigenvalue weighted by molar-refractivity contribution is 0.183. The lowest BCUT2D eigenvalue weighted by atomic mass is 10.1. The minimum Gasteiger partial charge on any atom is -0.383 e. The highest BCUT2D eigenvalue weighted by Crippen LogP contribution is 2.27. The summed E-state index contributed by atoms with van der Waals surface area (Å²) in [6, 6.07) is 7.15. The second kappa shape index (κ2) is 11.9. The Kier molecular flexibility index (Phi) is 8.35. The molecule has 1 N–H and O–H groups in total. The predicted octanol–water partition coefficient (Wildman–Crippen LogP) is 1.70. The number of ether oxygens (including phenoxy) is 1. The summed E-state index contributed by atoms with van der Waals surface area (Å²) in [6.07, 6.45) is 4.02. The van der Waals surface area contributed by atoms with Gasteiger partial charge in [0.1, 0.15) is 16.2 Å². The molecule has 5 heterocycles. The number of fused-ring (bicyclic) bond motifs is 1. The van der Waals surface area contributed by atoms with Crippen LogP contribution in [0.3, 0.4) is 0 Å². The standard InChI is InChI=1S/C27H34N8O4S/c1-4-23-24-25(32-35(23)14-15-39-3)27(36)31-26(30-24)21-17-20(18-29-22(21)16-19-8-6-7-9-28-19)40(37,38)34-12-10-33(5-2)11-13-34/h6-9,17-18H,4-5,10-16H2,1-3H3,(H,30,31,36). The summed E-state index contributed by atoms with van der Waals surface area (Å²) in [5, 5.41) is 4.47. The smallest absolute Gasteiger partial charge is 0.279 e. The van der Waals surface area contributed by atoms with E-state index >= 15 is 0 Å². The fourth-order valence-corrected chi connectivity index (χ4v) is 6.37. The number of methoxy groups -OCH3 is 1. The number of aromatic amines is 1. The van der Waals surface area contributed by atoms with Crippen LogP contribution in [0.4, 0.5) is 0 Å². The Morgan fingerprint density at radius 1 is 1.07 bits per heavy atom. The summed E-state index contributed by atoms with van der Waals surface area (Å²) in [7, 11) is -2.20. The highest BCUT2D eigenvalue weighted by Gasteiger charge is 2.30. The van der Waals surface area contributed by atoms with Crippen LogP contribution in [0.5, 0.6) is 0 Å². The Morgan fingerprint density at radius 2 is 1.88 bits per heavy atom. The van der Waals surface area contributed by atoms with Crippen molar-refractivity contribution in [3.8, 4) is 11.4 Å². The Morgan fingerprint density at radius 3 is 2.55 bits per heavy atom. The van der Waals surface area contributed by atoms with Crippen molar-refractivity contribution < 1.29 is 13.2 Å². The summed E-state index contributed by atoms with van der Waals surface area (Å²) in [6.45, 7) is 8.00. The quantitative estimate of drug-likeness (QED) is 0.304. The van der Waals surface area contributed by atoms with Crippen LogP contribution in [-0.4, -0.2) is 93.8 Å². The Hall–Kier alpha value is -3.52. The predicted molar refractivity (Wildman–Crippen MR) is 151 cm³/mol. The molecule has 12 nitrogen and oxygen atoms in total. The monoisotopic (exact) mass is 566 g/mol. The van der Waals surface area contributed by atoms with Gasteiger partial charge in [-0.2, -0.15) is 9.40 Å². The van der Waals surface area contributed by atoms with E-state index in [-0.39, 0.29) is 16.2 Å². The number of sulfonamides is 1. The third-order valence-corrected chi connectivity index (χ3v) is 9.10. The molecule has 4 aromatic rings. The number of aryl methyl sites for hydroxylation is 1. The van der Waals surface area contributed by atoms with Crippen LogP contribution in [0.2, 0.25) is 0 Å². The van der Waals surface area contributed by atoms with E-state index in [2.05, 4.69) is 31.9 Å². The van der Waals surface area contributed by atoms with Crippen molar-refractivity contribution >= 4 is 21.1 Å². The van der Waals surface area contributed by atoms with Crippen LogP contribution in [0.15, 0.2) is 46.3 Å².